The summed E-state index contributed by atoms with van der Waals surface area (Å²) < 4.78 is 1.14. The van der Waals surface area contributed by atoms with E-state index in [0.29, 0.717) is 6.04 Å². The van der Waals surface area contributed by atoms with Gasteiger partial charge in [-0.2, -0.15) is 0 Å². The topological polar surface area (TPSA) is 15.3 Å². The molecule has 0 saturated carbocycles. The molecule has 120 valence electrons. The van der Waals surface area contributed by atoms with Crippen molar-refractivity contribution >= 4 is 15.9 Å². The summed E-state index contributed by atoms with van der Waals surface area (Å²) in [7, 11) is 2.24. The Kier molecular flexibility index (Phi) is 7.93. The Morgan fingerprint density at radius 3 is 2.33 bits per heavy atom. The quantitative estimate of drug-likeness (QED) is 0.671. The lowest BCUT2D eigenvalue weighted by Gasteiger charge is -2.36. The molecule has 0 amide bonds. The zero-order valence-electron chi connectivity index (χ0n) is 14.2. The standard InChI is InChI=1S/C18H31BrN2/c1-6-13-20-17(15-8-10-16(19)11-9-15)12-14-21(5)18(3,4)7-2/h8-11,17,20H,6-7,12-14H2,1-5H3. The van der Waals surface area contributed by atoms with Crippen LogP contribution in [0.5, 0.6) is 0 Å². The summed E-state index contributed by atoms with van der Waals surface area (Å²) in [5, 5.41) is 3.69. The predicted octanol–water partition coefficient (Wildman–Crippen LogP) is 5.00. The van der Waals surface area contributed by atoms with Gasteiger partial charge in [0.15, 0.2) is 0 Å². The Balaban J connectivity index is 2.68. The summed E-state index contributed by atoms with van der Waals surface area (Å²) in [5.74, 6) is 0. The summed E-state index contributed by atoms with van der Waals surface area (Å²) in [6.45, 7) is 11.3. The number of benzene rings is 1. The van der Waals surface area contributed by atoms with Gasteiger partial charge in [0.2, 0.25) is 0 Å². The van der Waals surface area contributed by atoms with Gasteiger partial charge in [0.25, 0.3) is 0 Å². The first-order chi connectivity index (χ1) is 9.90. The Morgan fingerprint density at radius 1 is 1.19 bits per heavy atom. The summed E-state index contributed by atoms with van der Waals surface area (Å²) in [4.78, 5) is 2.48. The highest BCUT2D eigenvalue weighted by Gasteiger charge is 2.22. The van der Waals surface area contributed by atoms with Crippen LogP contribution in [0.1, 0.15) is 58.6 Å². The van der Waals surface area contributed by atoms with Crippen LogP contribution < -0.4 is 5.32 Å². The van der Waals surface area contributed by atoms with E-state index in [2.05, 4.69) is 85.2 Å². The van der Waals surface area contributed by atoms with Crippen LogP contribution in [-0.2, 0) is 0 Å². The highest BCUT2D eigenvalue weighted by molar-refractivity contribution is 9.10. The van der Waals surface area contributed by atoms with Gasteiger partial charge in [-0.1, -0.05) is 41.9 Å². The molecule has 1 N–H and O–H groups in total. The number of rotatable bonds is 9. The molecule has 0 saturated heterocycles. The Bertz CT molecular complexity index is 400. The van der Waals surface area contributed by atoms with E-state index in [0.717, 1.165) is 24.0 Å². The summed E-state index contributed by atoms with van der Waals surface area (Å²) in [6.07, 6.45) is 3.49. The molecular formula is C18H31BrN2. The first-order valence-electron chi connectivity index (χ1n) is 8.10. The van der Waals surface area contributed by atoms with Crippen LogP contribution in [0, 0.1) is 0 Å². The lowest BCUT2D eigenvalue weighted by atomic mass is 9.98. The molecule has 0 radical (unpaired) electrons. The Morgan fingerprint density at radius 2 is 1.81 bits per heavy atom. The van der Waals surface area contributed by atoms with Crippen LogP contribution >= 0.6 is 15.9 Å². The number of hydrogen-bond acceptors (Lipinski definition) is 2. The van der Waals surface area contributed by atoms with Crippen molar-refractivity contribution in [1.82, 2.24) is 10.2 Å². The first kappa shape index (κ1) is 18.7. The molecule has 1 aromatic carbocycles. The fraction of sp³-hybridized carbons (Fsp3) is 0.667. The average Bonchev–Trinajstić information content (AvgIpc) is 2.48. The SMILES string of the molecule is CCCNC(CCN(C)C(C)(C)CC)c1ccc(Br)cc1. The number of halogens is 1. The largest absolute Gasteiger partial charge is 0.310 e. The first-order valence-corrected chi connectivity index (χ1v) is 8.90. The van der Waals surface area contributed by atoms with Crippen molar-refractivity contribution in [2.45, 2.75) is 58.5 Å². The molecule has 1 unspecified atom stereocenters. The van der Waals surface area contributed by atoms with Crippen molar-refractivity contribution in [3.63, 3.8) is 0 Å². The van der Waals surface area contributed by atoms with E-state index < -0.39 is 0 Å². The summed E-state index contributed by atoms with van der Waals surface area (Å²) >= 11 is 3.52. The van der Waals surface area contributed by atoms with Gasteiger partial charge in [-0.15, -0.1) is 0 Å². The molecule has 0 bridgehead atoms. The van der Waals surface area contributed by atoms with Crippen LogP contribution in [0.25, 0.3) is 0 Å². The maximum Gasteiger partial charge on any atom is 0.0332 e. The maximum atomic E-state index is 3.69. The maximum absolute atomic E-state index is 3.69. The molecule has 0 aromatic heterocycles. The van der Waals surface area contributed by atoms with Crippen LogP contribution in [-0.4, -0.2) is 30.6 Å². The van der Waals surface area contributed by atoms with Gasteiger partial charge in [0.05, 0.1) is 0 Å². The smallest absolute Gasteiger partial charge is 0.0332 e. The molecule has 0 spiro atoms. The van der Waals surface area contributed by atoms with E-state index in [1.54, 1.807) is 0 Å². The lowest BCUT2D eigenvalue weighted by Crippen LogP contribution is -2.42. The van der Waals surface area contributed by atoms with E-state index >= 15 is 0 Å². The van der Waals surface area contributed by atoms with Crippen molar-refractivity contribution in [2.75, 3.05) is 20.1 Å². The van der Waals surface area contributed by atoms with Crippen molar-refractivity contribution in [1.29, 1.82) is 0 Å². The third-order valence-electron chi connectivity index (χ3n) is 4.56. The van der Waals surface area contributed by atoms with Gasteiger partial charge < -0.3 is 10.2 Å². The Hall–Kier alpha value is -0.380. The molecule has 0 heterocycles. The van der Waals surface area contributed by atoms with Crippen molar-refractivity contribution in [3.8, 4) is 0 Å². The fourth-order valence-corrected chi connectivity index (χ4v) is 2.56. The third-order valence-corrected chi connectivity index (χ3v) is 5.09. The van der Waals surface area contributed by atoms with Crippen molar-refractivity contribution < 1.29 is 0 Å². The molecule has 0 aliphatic rings. The molecule has 0 fully saturated rings. The molecule has 1 aromatic rings. The van der Waals surface area contributed by atoms with Crippen LogP contribution in [0.2, 0.25) is 0 Å². The van der Waals surface area contributed by atoms with E-state index in [1.807, 2.05) is 0 Å². The van der Waals surface area contributed by atoms with Gasteiger partial charge >= 0.3 is 0 Å². The summed E-state index contributed by atoms with van der Waals surface area (Å²) in [5.41, 5.74) is 1.66. The molecule has 1 atom stereocenters. The normalized spacial score (nSPS) is 13.7. The van der Waals surface area contributed by atoms with E-state index in [-0.39, 0.29) is 5.54 Å². The molecule has 21 heavy (non-hydrogen) atoms. The highest BCUT2D eigenvalue weighted by Crippen LogP contribution is 2.22. The van der Waals surface area contributed by atoms with Gasteiger partial charge in [0, 0.05) is 22.6 Å². The fourth-order valence-electron chi connectivity index (χ4n) is 2.30. The Labute approximate surface area is 139 Å². The summed E-state index contributed by atoms with van der Waals surface area (Å²) in [6, 6.07) is 9.16. The molecule has 0 aliphatic carbocycles. The minimum absolute atomic E-state index is 0.273. The van der Waals surface area contributed by atoms with E-state index in [1.165, 1.54) is 18.4 Å². The predicted molar refractivity (Wildman–Crippen MR) is 96.8 cm³/mol. The van der Waals surface area contributed by atoms with Crippen molar-refractivity contribution in [3.05, 3.63) is 34.3 Å². The van der Waals surface area contributed by atoms with Gasteiger partial charge in [-0.3, -0.25) is 0 Å². The zero-order valence-corrected chi connectivity index (χ0v) is 15.8. The van der Waals surface area contributed by atoms with Crippen LogP contribution in [0.4, 0.5) is 0 Å². The molecule has 2 nitrogen and oxygen atoms in total. The number of nitrogens with zero attached hydrogens (tertiary/aromatic N) is 1. The highest BCUT2D eigenvalue weighted by atomic mass is 79.9. The lowest BCUT2D eigenvalue weighted by molar-refractivity contribution is 0.144. The van der Waals surface area contributed by atoms with Gasteiger partial charge in [0.1, 0.15) is 0 Å². The van der Waals surface area contributed by atoms with E-state index in [9.17, 15) is 0 Å². The molecule has 1 rings (SSSR count). The minimum atomic E-state index is 0.273. The second-order valence-corrected chi connectivity index (χ2v) is 7.35. The van der Waals surface area contributed by atoms with Crippen molar-refractivity contribution in [2.24, 2.45) is 0 Å². The minimum Gasteiger partial charge on any atom is -0.310 e. The van der Waals surface area contributed by atoms with Gasteiger partial charge in [-0.05, 0) is 64.4 Å². The zero-order chi connectivity index (χ0) is 15.9. The van der Waals surface area contributed by atoms with Crippen LogP contribution in [0.15, 0.2) is 28.7 Å². The third kappa shape index (κ3) is 6.09. The average molecular weight is 355 g/mol. The second kappa shape index (κ2) is 8.92. The number of nitrogens with one attached hydrogen (secondary N) is 1. The molecular weight excluding hydrogens is 324 g/mol. The molecule has 3 heteroatoms. The van der Waals surface area contributed by atoms with Gasteiger partial charge in [-0.25, -0.2) is 0 Å². The molecule has 0 aliphatic heterocycles. The van der Waals surface area contributed by atoms with E-state index in [4.69, 9.17) is 0 Å². The number of hydrogen-bond donors (Lipinski definition) is 1. The second-order valence-electron chi connectivity index (χ2n) is 6.43. The monoisotopic (exact) mass is 354 g/mol. The van der Waals surface area contributed by atoms with Crippen LogP contribution in [0.3, 0.4) is 0 Å².